The molecule has 1 heterocycles. The Morgan fingerprint density at radius 1 is 0.533 bits per heavy atom. The molecule has 5 aromatic carbocycles. The molecule has 1 nitrogen and oxygen atoms in total. The van der Waals surface area contributed by atoms with Crippen LogP contribution in [0.1, 0.15) is 0 Å². The van der Waals surface area contributed by atoms with E-state index in [1.54, 1.807) is 0 Å². The van der Waals surface area contributed by atoms with Gasteiger partial charge in [0.15, 0.2) is 0 Å². The highest BCUT2D eigenvalue weighted by molar-refractivity contribution is 9.10. The first-order valence-electron chi connectivity index (χ1n) is 10.1. The maximum atomic E-state index is 3.77. The summed E-state index contributed by atoms with van der Waals surface area (Å²) in [5.74, 6) is 0. The Labute approximate surface area is 183 Å². The summed E-state index contributed by atoms with van der Waals surface area (Å²) in [6.07, 6.45) is 0. The van der Waals surface area contributed by atoms with Gasteiger partial charge in [0.1, 0.15) is 0 Å². The monoisotopic (exact) mass is 447 g/mol. The van der Waals surface area contributed by atoms with Crippen LogP contribution in [0.5, 0.6) is 0 Å². The number of benzene rings is 5. The summed E-state index contributed by atoms with van der Waals surface area (Å²) >= 11 is 3.77. The summed E-state index contributed by atoms with van der Waals surface area (Å²) in [5.41, 5.74) is 7.22. The highest BCUT2D eigenvalue weighted by Gasteiger charge is 2.15. The summed E-state index contributed by atoms with van der Waals surface area (Å²) < 4.78 is 1.10. The standard InChI is InChI=1S/C28H18BrN/c29-26-14-5-3-11-22(26)24-16-19(21-13-7-9-18-8-1-2-10-20(18)21)17-25-23-12-4-6-15-27(23)30-28(24)25/h1-17,30H. The van der Waals surface area contributed by atoms with Crippen LogP contribution in [-0.4, -0.2) is 4.98 Å². The summed E-state index contributed by atoms with van der Waals surface area (Å²) in [6.45, 7) is 0. The number of aromatic nitrogens is 1. The fourth-order valence-corrected chi connectivity index (χ4v) is 4.97. The zero-order valence-corrected chi connectivity index (χ0v) is 17.8. The van der Waals surface area contributed by atoms with Gasteiger partial charge in [-0.1, -0.05) is 94.8 Å². The Morgan fingerprint density at radius 2 is 1.23 bits per heavy atom. The normalized spacial score (nSPS) is 11.5. The maximum absolute atomic E-state index is 3.77. The third-order valence-electron chi connectivity index (χ3n) is 5.88. The Hall–Kier alpha value is -3.36. The first-order valence-corrected chi connectivity index (χ1v) is 10.9. The molecular weight excluding hydrogens is 430 g/mol. The van der Waals surface area contributed by atoms with Crippen molar-refractivity contribution in [2.24, 2.45) is 0 Å². The lowest BCUT2D eigenvalue weighted by atomic mass is 9.93. The van der Waals surface area contributed by atoms with E-state index >= 15 is 0 Å². The molecule has 0 amide bonds. The molecule has 0 saturated heterocycles. The van der Waals surface area contributed by atoms with Crippen molar-refractivity contribution >= 4 is 48.5 Å². The lowest BCUT2D eigenvalue weighted by Crippen LogP contribution is -1.87. The molecule has 0 unspecified atom stereocenters. The lowest BCUT2D eigenvalue weighted by molar-refractivity contribution is 1.52. The SMILES string of the molecule is Brc1ccccc1-c1cc(-c2cccc3ccccc23)cc2c1[nH]c1ccccc12. The van der Waals surface area contributed by atoms with Gasteiger partial charge in [0.2, 0.25) is 0 Å². The van der Waals surface area contributed by atoms with E-state index in [0.717, 1.165) is 9.99 Å². The molecule has 6 rings (SSSR count). The van der Waals surface area contributed by atoms with E-state index < -0.39 is 0 Å². The van der Waals surface area contributed by atoms with E-state index in [1.807, 2.05) is 0 Å². The topological polar surface area (TPSA) is 15.8 Å². The second kappa shape index (κ2) is 6.86. The second-order valence-electron chi connectivity index (χ2n) is 7.62. The molecule has 1 aromatic heterocycles. The van der Waals surface area contributed by atoms with Crippen molar-refractivity contribution in [2.45, 2.75) is 0 Å². The number of fused-ring (bicyclic) bond motifs is 4. The van der Waals surface area contributed by atoms with Crippen LogP contribution < -0.4 is 0 Å². The number of aromatic amines is 1. The predicted octanol–water partition coefficient (Wildman–Crippen LogP) is 8.57. The van der Waals surface area contributed by atoms with Gasteiger partial charge in [-0.25, -0.2) is 0 Å². The summed E-state index contributed by atoms with van der Waals surface area (Å²) in [5, 5.41) is 5.04. The largest absolute Gasteiger partial charge is 0.354 e. The van der Waals surface area contributed by atoms with Gasteiger partial charge in [0, 0.05) is 26.3 Å². The first-order chi connectivity index (χ1) is 14.8. The van der Waals surface area contributed by atoms with Crippen LogP contribution in [0.4, 0.5) is 0 Å². The summed E-state index contributed by atoms with van der Waals surface area (Å²) in [6, 6.07) is 36.8. The number of rotatable bonds is 2. The Balaban J connectivity index is 1.76. The van der Waals surface area contributed by atoms with E-state index in [1.165, 1.54) is 49.3 Å². The Kier molecular flexibility index (Phi) is 4.00. The smallest absolute Gasteiger partial charge is 0.0545 e. The van der Waals surface area contributed by atoms with Gasteiger partial charge in [-0.3, -0.25) is 0 Å². The van der Waals surface area contributed by atoms with E-state index in [0.29, 0.717) is 0 Å². The number of para-hydroxylation sites is 1. The molecule has 0 saturated carbocycles. The molecule has 0 aliphatic carbocycles. The Morgan fingerprint density at radius 3 is 2.13 bits per heavy atom. The average Bonchev–Trinajstić information content (AvgIpc) is 3.17. The van der Waals surface area contributed by atoms with Crippen molar-refractivity contribution in [3.05, 3.63) is 108 Å². The van der Waals surface area contributed by atoms with Crippen LogP contribution in [-0.2, 0) is 0 Å². The highest BCUT2D eigenvalue weighted by atomic mass is 79.9. The van der Waals surface area contributed by atoms with E-state index in [9.17, 15) is 0 Å². The van der Waals surface area contributed by atoms with E-state index in [-0.39, 0.29) is 0 Å². The van der Waals surface area contributed by atoms with Crippen molar-refractivity contribution in [3.8, 4) is 22.3 Å². The van der Waals surface area contributed by atoms with Gasteiger partial charge in [-0.05, 0) is 51.7 Å². The quantitative estimate of drug-likeness (QED) is 0.273. The average molecular weight is 448 g/mol. The van der Waals surface area contributed by atoms with Crippen LogP contribution >= 0.6 is 15.9 Å². The zero-order chi connectivity index (χ0) is 20.1. The first kappa shape index (κ1) is 17.5. The van der Waals surface area contributed by atoms with Gasteiger partial charge in [-0.15, -0.1) is 0 Å². The van der Waals surface area contributed by atoms with E-state index in [4.69, 9.17) is 0 Å². The number of halogens is 1. The third-order valence-corrected chi connectivity index (χ3v) is 6.57. The summed E-state index contributed by atoms with van der Waals surface area (Å²) in [7, 11) is 0. The minimum atomic E-state index is 1.10. The highest BCUT2D eigenvalue weighted by Crippen LogP contribution is 2.41. The molecule has 1 N–H and O–H groups in total. The fraction of sp³-hybridized carbons (Fsp3) is 0. The predicted molar refractivity (Wildman–Crippen MR) is 132 cm³/mol. The van der Waals surface area contributed by atoms with Gasteiger partial charge in [0.05, 0.1) is 5.52 Å². The van der Waals surface area contributed by atoms with Crippen molar-refractivity contribution in [2.75, 3.05) is 0 Å². The van der Waals surface area contributed by atoms with Crippen molar-refractivity contribution in [3.63, 3.8) is 0 Å². The van der Waals surface area contributed by atoms with Gasteiger partial charge >= 0.3 is 0 Å². The number of hydrogen-bond donors (Lipinski definition) is 1. The molecule has 142 valence electrons. The molecule has 0 fully saturated rings. The van der Waals surface area contributed by atoms with Crippen molar-refractivity contribution in [1.29, 1.82) is 0 Å². The molecule has 2 heteroatoms. The third kappa shape index (κ3) is 2.68. The Bertz CT molecular complexity index is 1550. The lowest BCUT2D eigenvalue weighted by Gasteiger charge is -2.12. The molecule has 30 heavy (non-hydrogen) atoms. The number of nitrogens with one attached hydrogen (secondary N) is 1. The second-order valence-corrected chi connectivity index (χ2v) is 8.48. The van der Waals surface area contributed by atoms with Crippen LogP contribution in [0, 0.1) is 0 Å². The zero-order valence-electron chi connectivity index (χ0n) is 16.2. The minimum absolute atomic E-state index is 1.10. The molecule has 0 aliphatic heterocycles. The van der Waals surface area contributed by atoms with Crippen molar-refractivity contribution < 1.29 is 0 Å². The van der Waals surface area contributed by atoms with Crippen LogP contribution in [0.15, 0.2) is 108 Å². The van der Waals surface area contributed by atoms with E-state index in [2.05, 4.69) is 124 Å². The van der Waals surface area contributed by atoms with Gasteiger partial charge < -0.3 is 4.98 Å². The van der Waals surface area contributed by atoms with Crippen LogP contribution in [0.25, 0.3) is 54.8 Å². The molecule has 0 atom stereocenters. The van der Waals surface area contributed by atoms with Crippen molar-refractivity contribution in [1.82, 2.24) is 4.98 Å². The molecule has 0 aliphatic rings. The molecule has 0 bridgehead atoms. The maximum Gasteiger partial charge on any atom is 0.0545 e. The molecular formula is C28H18BrN. The number of hydrogen-bond acceptors (Lipinski definition) is 0. The van der Waals surface area contributed by atoms with Gasteiger partial charge in [-0.2, -0.15) is 0 Å². The number of H-pyrrole nitrogens is 1. The minimum Gasteiger partial charge on any atom is -0.354 e. The summed E-state index contributed by atoms with van der Waals surface area (Å²) in [4.78, 5) is 3.67. The molecule has 0 spiro atoms. The molecule has 0 radical (unpaired) electrons. The van der Waals surface area contributed by atoms with Gasteiger partial charge in [0.25, 0.3) is 0 Å². The van der Waals surface area contributed by atoms with Crippen LogP contribution in [0.2, 0.25) is 0 Å². The molecule has 6 aromatic rings. The fourth-order valence-electron chi connectivity index (χ4n) is 4.48. The van der Waals surface area contributed by atoms with Crippen LogP contribution in [0.3, 0.4) is 0 Å².